The number of hydrogen-bond donors (Lipinski definition) is 1. The molecule has 0 atom stereocenters. The first-order valence-corrected chi connectivity index (χ1v) is 9.40. The van der Waals surface area contributed by atoms with Crippen molar-refractivity contribution >= 4 is 17.3 Å². The lowest BCUT2D eigenvalue weighted by Crippen LogP contribution is -2.07. The van der Waals surface area contributed by atoms with Gasteiger partial charge in [0.15, 0.2) is 0 Å². The molecule has 0 aliphatic heterocycles. The van der Waals surface area contributed by atoms with Gasteiger partial charge in [-0.05, 0) is 42.3 Å². The van der Waals surface area contributed by atoms with E-state index < -0.39 is 0 Å². The van der Waals surface area contributed by atoms with Crippen LogP contribution in [0.15, 0.2) is 61.2 Å². The van der Waals surface area contributed by atoms with Gasteiger partial charge in [-0.2, -0.15) is 0 Å². The third kappa shape index (κ3) is 6.01. The summed E-state index contributed by atoms with van der Waals surface area (Å²) in [5, 5.41) is 4.04. The van der Waals surface area contributed by atoms with E-state index in [4.69, 9.17) is 21.1 Å². The van der Waals surface area contributed by atoms with E-state index in [1.54, 1.807) is 12.5 Å². The number of hydrogen-bond acceptors (Lipinski definition) is 4. The lowest BCUT2D eigenvalue weighted by Gasteiger charge is -2.12. The number of anilines is 1. The number of nitrogens with zero attached hydrogens (tertiary/aromatic N) is 2. The van der Waals surface area contributed by atoms with Gasteiger partial charge in [0.05, 0.1) is 24.5 Å². The molecule has 0 saturated carbocycles. The van der Waals surface area contributed by atoms with E-state index in [1.807, 2.05) is 48.0 Å². The predicted octanol–water partition coefficient (Wildman–Crippen LogP) is 4.76. The van der Waals surface area contributed by atoms with Crippen LogP contribution in [-0.4, -0.2) is 22.8 Å². The lowest BCUT2D eigenvalue weighted by atomic mass is 10.2. The summed E-state index contributed by atoms with van der Waals surface area (Å²) in [6.45, 7) is 5.30. The van der Waals surface area contributed by atoms with Crippen molar-refractivity contribution in [2.45, 2.75) is 26.6 Å². The third-order valence-electron chi connectivity index (χ3n) is 4.06. The molecule has 0 fully saturated rings. The first-order chi connectivity index (χ1) is 13.2. The fourth-order valence-electron chi connectivity index (χ4n) is 2.65. The highest BCUT2D eigenvalue weighted by molar-refractivity contribution is 6.32. The zero-order valence-corrected chi connectivity index (χ0v) is 16.2. The van der Waals surface area contributed by atoms with Crippen LogP contribution >= 0.6 is 11.6 Å². The Morgan fingerprint density at radius 1 is 1.15 bits per heavy atom. The molecule has 5 nitrogen and oxygen atoms in total. The molecule has 0 aliphatic carbocycles. The minimum atomic E-state index is 0.542. The number of nitrogens with one attached hydrogen (secondary N) is 1. The number of aromatic nitrogens is 2. The van der Waals surface area contributed by atoms with E-state index in [2.05, 4.69) is 22.4 Å². The maximum Gasteiger partial charge on any atom is 0.137 e. The topological polar surface area (TPSA) is 48.3 Å². The van der Waals surface area contributed by atoms with Gasteiger partial charge >= 0.3 is 0 Å². The second-order valence-electron chi connectivity index (χ2n) is 6.10. The molecular weight excluding hydrogens is 362 g/mol. The smallest absolute Gasteiger partial charge is 0.137 e. The molecule has 1 aromatic heterocycles. The molecule has 3 aromatic rings. The highest BCUT2D eigenvalue weighted by atomic mass is 35.5. The van der Waals surface area contributed by atoms with Crippen LogP contribution in [0.25, 0.3) is 0 Å². The highest BCUT2D eigenvalue weighted by Gasteiger charge is 2.04. The van der Waals surface area contributed by atoms with Gasteiger partial charge in [-0.3, -0.25) is 0 Å². The van der Waals surface area contributed by atoms with Crippen molar-refractivity contribution < 1.29 is 9.47 Å². The van der Waals surface area contributed by atoms with Crippen molar-refractivity contribution in [1.82, 2.24) is 9.55 Å². The largest absolute Gasteiger partial charge is 0.490 e. The number of ether oxygens (including phenoxy) is 2. The Hall–Kier alpha value is -2.50. The number of imidazole rings is 1. The Balaban J connectivity index is 1.51. The second-order valence-corrected chi connectivity index (χ2v) is 6.51. The van der Waals surface area contributed by atoms with Crippen LogP contribution in [0, 0.1) is 0 Å². The minimum Gasteiger partial charge on any atom is -0.490 e. The first-order valence-electron chi connectivity index (χ1n) is 9.02. The van der Waals surface area contributed by atoms with Crippen LogP contribution in [0.2, 0.25) is 5.02 Å². The standard InChI is InChI=1S/C21H24ClN3O2/c1-2-26-15-18-4-3-5-19(12-18)24-14-17-6-7-21(20(22)13-17)27-11-10-25-9-8-23-16-25/h3-9,12-13,16,24H,2,10-11,14-15H2,1H3. The molecule has 1 heterocycles. The normalized spacial score (nSPS) is 10.7. The minimum absolute atomic E-state index is 0.542. The summed E-state index contributed by atoms with van der Waals surface area (Å²) in [4.78, 5) is 4.01. The van der Waals surface area contributed by atoms with Crippen LogP contribution in [-0.2, 0) is 24.4 Å². The Labute approximate surface area is 164 Å². The van der Waals surface area contributed by atoms with Gasteiger partial charge in [0.1, 0.15) is 12.4 Å². The molecule has 6 heteroatoms. The summed E-state index contributed by atoms with van der Waals surface area (Å²) >= 11 is 6.37. The van der Waals surface area contributed by atoms with Crippen molar-refractivity contribution in [2.75, 3.05) is 18.5 Å². The van der Waals surface area contributed by atoms with Crippen LogP contribution in [0.4, 0.5) is 5.69 Å². The summed E-state index contributed by atoms with van der Waals surface area (Å²) in [7, 11) is 0. The second kappa shape index (κ2) is 10.00. The van der Waals surface area contributed by atoms with Gasteiger partial charge in [-0.1, -0.05) is 29.8 Å². The zero-order valence-electron chi connectivity index (χ0n) is 15.4. The molecule has 2 aromatic carbocycles. The van der Waals surface area contributed by atoms with E-state index in [0.717, 1.165) is 23.4 Å². The van der Waals surface area contributed by atoms with E-state index in [0.29, 0.717) is 37.1 Å². The number of benzene rings is 2. The van der Waals surface area contributed by atoms with Crippen LogP contribution in [0.1, 0.15) is 18.1 Å². The van der Waals surface area contributed by atoms with Crippen molar-refractivity contribution in [3.63, 3.8) is 0 Å². The molecule has 0 aliphatic rings. The molecule has 3 rings (SSSR count). The van der Waals surface area contributed by atoms with E-state index in [-0.39, 0.29) is 0 Å². The molecule has 0 amide bonds. The van der Waals surface area contributed by atoms with E-state index in [1.165, 1.54) is 0 Å². The summed E-state index contributed by atoms with van der Waals surface area (Å²) in [6.07, 6.45) is 5.42. The van der Waals surface area contributed by atoms with Crippen molar-refractivity contribution in [2.24, 2.45) is 0 Å². The van der Waals surface area contributed by atoms with Gasteiger partial charge in [-0.15, -0.1) is 0 Å². The summed E-state index contributed by atoms with van der Waals surface area (Å²) < 4.78 is 13.2. The molecule has 0 bridgehead atoms. The average Bonchev–Trinajstić information content (AvgIpc) is 3.20. The molecular formula is C21H24ClN3O2. The maximum atomic E-state index is 6.37. The van der Waals surface area contributed by atoms with Gasteiger partial charge in [-0.25, -0.2) is 4.98 Å². The van der Waals surface area contributed by atoms with Crippen LogP contribution < -0.4 is 10.1 Å². The van der Waals surface area contributed by atoms with Crippen LogP contribution in [0.3, 0.4) is 0 Å². The monoisotopic (exact) mass is 385 g/mol. The highest BCUT2D eigenvalue weighted by Crippen LogP contribution is 2.26. The molecule has 142 valence electrons. The van der Waals surface area contributed by atoms with E-state index >= 15 is 0 Å². The maximum absolute atomic E-state index is 6.37. The van der Waals surface area contributed by atoms with Gasteiger partial charge in [0.25, 0.3) is 0 Å². The Bertz CT molecular complexity index is 837. The lowest BCUT2D eigenvalue weighted by molar-refractivity contribution is 0.134. The van der Waals surface area contributed by atoms with Gasteiger partial charge < -0.3 is 19.4 Å². The molecule has 0 radical (unpaired) electrons. The fraction of sp³-hybridized carbons (Fsp3) is 0.286. The van der Waals surface area contributed by atoms with Crippen molar-refractivity contribution in [1.29, 1.82) is 0 Å². The molecule has 1 N–H and O–H groups in total. The van der Waals surface area contributed by atoms with Gasteiger partial charge in [0.2, 0.25) is 0 Å². The Morgan fingerprint density at radius 3 is 2.85 bits per heavy atom. The van der Waals surface area contributed by atoms with Crippen LogP contribution in [0.5, 0.6) is 5.75 Å². The average molecular weight is 386 g/mol. The first kappa shape index (κ1) is 19.3. The zero-order chi connectivity index (χ0) is 18.9. The molecule has 0 spiro atoms. The van der Waals surface area contributed by atoms with E-state index in [9.17, 15) is 0 Å². The number of halogens is 1. The van der Waals surface area contributed by atoms with Crippen molar-refractivity contribution in [3.05, 3.63) is 77.3 Å². The molecule has 0 unspecified atom stereocenters. The molecule has 0 saturated heterocycles. The fourth-order valence-corrected chi connectivity index (χ4v) is 2.90. The Kier molecular flexibility index (Phi) is 7.13. The van der Waals surface area contributed by atoms with Gasteiger partial charge in [0, 0.05) is 31.2 Å². The number of rotatable bonds is 10. The quantitative estimate of drug-likeness (QED) is 0.546. The third-order valence-corrected chi connectivity index (χ3v) is 4.35. The SMILES string of the molecule is CCOCc1cccc(NCc2ccc(OCCn3ccnc3)c(Cl)c2)c1. The molecule has 27 heavy (non-hydrogen) atoms. The van der Waals surface area contributed by atoms with Crippen molar-refractivity contribution in [3.8, 4) is 5.75 Å². The Morgan fingerprint density at radius 2 is 2.07 bits per heavy atom. The summed E-state index contributed by atoms with van der Waals surface area (Å²) in [6, 6.07) is 14.1. The predicted molar refractivity (Wildman–Crippen MR) is 108 cm³/mol. The summed E-state index contributed by atoms with van der Waals surface area (Å²) in [5.41, 5.74) is 3.31. The summed E-state index contributed by atoms with van der Waals surface area (Å²) in [5.74, 6) is 0.694.